The van der Waals surface area contributed by atoms with E-state index in [4.69, 9.17) is 4.74 Å². The van der Waals surface area contributed by atoms with E-state index in [1.54, 1.807) is 0 Å². The van der Waals surface area contributed by atoms with Crippen LogP contribution in [0.3, 0.4) is 0 Å². The van der Waals surface area contributed by atoms with Gasteiger partial charge in [0.05, 0.1) is 19.4 Å². The summed E-state index contributed by atoms with van der Waals surface area (Å²) in [5.41, 5.74) is 2.72. The van der Waals surface area contributed by atoms with Crippen molar-refractivity contribution in [2.24, 2.45) is 5.92 Å². The molecule has 3 heterocycles. The Labute approximate surface area is 162 Å². The van der Waals surface area contributed by atoms with Crippen LogP contribution in [0.5, 0.6) is 0 Å². The topological polar surface area (TPSA) is 33.5 Å². The fraction of sp³-hybridized carbons (Fsp3) is 0.591. The van der Waals surface area contributed by atoms with Crippen LogP contribution in [-0.2, 0) is 17.8 Å². The first-order valence-corrected chi connectivity index (χ1v) is 10.3. The summed E-state index contributed by atoms with van der Waals surface area (Å²) < 4.78 is 8.04. The molecule has 1 aromatic carbocycles. The fourth-order valence-electron chi connectivity index (χ4n) is 4.48. The van der Waals surface area contributed by atoms with Gasteiger partial charge in [0, 0.05) is 62.5 Å². The zero-order chi connectivity index (χ0) is 18.6. The molecule has 0 bridgehead atoms. The molecule has 27 heavy (non-hydrogen) atoms. The van der Waals surface area contributed by atoms with Crippen molar-refractivity contribution in [2.75, 3.05) is 32.8 Å². The van der Waals surface area contributed by atoms with E-state index in [9.17, 15) is 0 Å². The summed E-state index contributed by atoms with van der Waals surface area (Å²) in [5, 5.41) is 4.49. The summed E-state index contributed by atoms with van der Waals surface area (Å²) in [4.78, 5) is 5.24. The van der Waals surface area contributed by atoms with E-state index in [0.717, 1.165) is 45.9 Å². The molecule has 2 atom stereocenters. The van der Waals surface area contributed by atoms with Crippen molar-refractivity contribution in [2.45, 2.75) is 45.4 Å². The van der Waals surface area contributed by atoms with Gasteiger partial charge in [-0.1, -0.05) is 30.3 Å². The molecule has 0 amide bonds. The number of fused-ring (bicyclic) bond motifs is 1. The maximum atomic E-state index is 5.98. The smallest absolute Gasteiger partial charge is 0.0593 e. The lowest BCUT2D eigenvalue weighted by molar-refractivity contribution is 0.0439. The van der Waals surface area contributed by atoms with E-state index in [0.29, 0.717) is 18.0 Å². The van der Waals surface area contributed by atoms with Crippen LogP contribution in [-0.4, -0.2) is 58.5 Å². The molecule has 5 nitrogen and oxygen atoms in total. The van der Waals surface area contributed by atoms with Crippen LogP contribution in [0.4, 0.5) is 0 Å². The standard InChI is InChI=1S/C22H32N4O/c1-18(2)26-15-20(12-23-26)13-24-9-8-22-21(16-24)17-27-11-10-25(22)14-19-6-4-3-5-7-19/h3-7,12,15,18,21-22H,8-11,13-14,16-17H2,1-2H3/t21-,22-/m1/s1. The second kappa shape index (κ2) is 8.55. The summed E-state index contributed by atoms with van der Waals surface area (Å²) in [6.07, 6.45) is 5.44. The third-order valence-electron chi connectivity index (χ3n) is 5.92. The van der Waals surface area contributed by atoms with Crippen LogP contribution in [0.15, 0.2) is 42.7 Å². The minimum atomic E-state index is 0.422. The van der Waals surface area contributed by atoms with E-state index < -0.39 is 0 Å². The maximum absolute atomic E-state index is 5.98. The largest absolute Gasteiger partial charge is 0.380 e. The van der Waals surface area contributed by atoms with Gasteiger partial charge in [-0.15, -0.1) is 0 Å². The van der Waals surface area contributed by atoms with Gasteiger partial charge in [0.25, 0.3) is 0 Å². The monoisotopic (exact) mass is 368 g/mol. The first-order chi connectivity index (χ1) is 13.2. The van der Waals surface area contributed by atoms with E-state index in [1.807, 2.05) is 6.20 Å². The van der Waals surface area contributed by atoms with Crippen molar-refractivity contribution in [1.82, 2.24) is 19.6 Å². The minimum absolute atomic E-state index is 0.422. The molecular formula is C22H32N4O. The Morgan fingerprint density at radius 2 is 1.96 bits per heavy atom. The summed E-state index contributed by atoms with van der Waals surface area (Å²) in [6.45, 7) is 11.4. The number of ether oxygens (including phenoxy) is 1. The molecule has 2 aliphatic heterocycles. The molecule has 5 heteroatoms. The first kappa shape index (κ1) is 18.7. The van der Waals surface area contributed by atoms with Gasteiger partial charge in [0.1, 0.15) is 0 Å². The molecular weight excluding hydrogens is 336 g/mol. The van der Waals surface area contributed by atoms with Gasteiger partial charge >= 0.3 is 0 Å². The van der Waals surface area contributed by atoms with Gasteiger partial charge < -0.3 is 4.74 Å². The van der Waals surface area contributed by atoms with E-state index in [1.165, 1.54) is 17.5 Å². The molecule has 146 valence electrons. The van der Waals surface area contributed by atoms with Gasteiger partial charge in [-0.3, -0.25) is 14.5 Å². The third kappa shape index (κ3) is 4.60. The lowest BCUT2D eigenvalue weighted by Crippen LogP contribution is -2.50. The third-order valence-corrected chi connectivity index (χ3v) is 5.92. The number of likely N-dealkylation sites (tertiary alicyclic amines) is 1. The van der Waals surface area contributed by atoms with Crippen LogP contribution in [0.25, 0.3) is 0 Å². The predicted octanol–water partition coefficient (Wildman–Crippen LogP) is 3.19. The highest BCUT2D eigenvalue weighted by Gasteiger charge is 2.35. The molecule has 4 rings (SSSR count). The Bertz CT molecular complexity index is 714. The lowest BCUT2D eigenvalue weighted by atomic mass is 9.91. The molecule has 1 aromatic heterocycles. The van der Waals surface area contributed by atoms with Gasteiger partial charge in [0.2, 0.25) is 0 Å². The van der Waals surface area contributed by atoms with Crippen molar-refractivity contribution >= 4 is 0 Å². The molecule has 2 saturated heterocycles. The van der Waals surface area contributed by atoms with Crippen LogP contribution < -0.4 is 0 Å². The molecule has 0 saturated carbocycles. The van der Waals surface area contributed by atoms with Crippen LogP contribution in [0, 0.1) is 5.92 Å². The van der Waals surface area contributed by atoms with Gasteiger partial charge in [-0.05, 0) is 25.8 Å². The van der Waals surface area contributed by atoms with Crippen LogP contribution >= 0.6 is 0 Å². The molecule has 2 aliphatic rings. The average Bonchev–Trinajstić information content (AvgIpc) is 3.05. The van der Waals surface area contributed by atoms with Gasteiger partial charge in [-0.25, -0.2) is 0 Å². The Balaban J connectivity index is 1.39. The van der Waals surface area contributed by atoms with E-state index in [-0.39, 0.29) is 0 Å². The van der Waals surface area contributed by atoms with Crippen molar-refractivity contribution in [3.63, 3.8) is 0 Å². The van der Waals surface area contributed by atoms with E-state index >= 15 is 0 Å². The minimum Gasteiger partial charge on any atom is -0.380 e. The highest BCUT2D eigenvalue weighted by Crippen LogP contribution is 2.27. The molecule has 0 radical (unpaired) electrons. The molecule has 0 aliphatic carbocycles. The number of nitrogens with zero attached hydrogens (tertiary/aromatic N) is 4. The number of hydrogen-bond donors (Lipinski definition) is 0. The van der Waals surface area contributed by atoms with Crippen molar-refractivity contribution in [3.05, 3.63) is 53.9 Å². The molecule has 2 aromatic rings. The number of piperidine rings is 1. The summed E-state index contributed by atoms with van der Waals surface area (Å²) in [5.74, 6) is 0.588. The average molecular weight is 369 g/mol. The SMILES string of the molecule is CC(C)n1cc(CN2CC[C@@H]3[C@@H](COCCN3Cc3ccccc3)C2)cn1. The number of hydrogen-bond acceptors (Lipinski definition) is 4. The Morgan fingerprint density at radius 3 is 2.74 bits per heavy atom. The molecule has 0 unspecified atom stereocenters. The Kier molecular flexibility index (Phi) is 5.91. The number of aromatic nitrogens is 2. The second-order valence-corrected chi connectivity index (χ2v) is 8.30. The van der Waals surface area contributed by atoms with Crippen molar-refractivity contribution in [1.29, 1.82) is 0 Å². The Hall–Kier alpha value is -1.69. The lowest BCUT2D eigenvalue weighted by Gasteiger charge is -2.42. The highest BCUT2D eigenvalue weighted by molar-refractivity contribution is 5.15. The van der Waals surface area contributed by atoms with Crippen molar-refractivity contribution < 1.29 is 4.74 Å². The highest BCUT2D eigenvalue weighted by atomic mass is 16.5. The molecule has 2 fully saturated rings. The molecule has 0 N–H and O–H groups in total. The van der Waals surface area contributed by atoms with Gasteiger partial charge in [-0.2, -0.15) is 5.10 Å². The summed E-state index contributed by atoms with van der Waals surface area (Å²) >= 11 is 0. The van der Waals surface area contributed by atoms with Crippen LogP contribution in [0.2, 0.25) is 0 Å². The van der Waals surface area contributed by atoms with Crippen LogP contribution in [0.1, 0.15) is 37.4 Å². The maximum Gasteiger partial charge on any atom is 0.0593 e. The number of rotatable bonds is 5. The van der Waals surface area contributed by atoms with E-state index in [2.05, 4.69) is 70.0 Å². The fourth-order valence-corrected chi connectivity index (χ4v) is 4.48. The van der Waals surface area contributed by atoms with Crippen molar-refractivity contribution in [3.8, 4) is 0 Å². The predicted molar refractivity (Wildman–Crippen MR) is 107 cm³/mol. The Morgan fingerprint density at radius 1 is 1.11 bits per heavy atom. The zero-order valence-electron chi connectivity index (χ0n) is 16.6. The first-order valence-electron chi connectivity index (χ1n) is 10.3. The summed E-state index contributed by atoms with van der Waals surface area (Å²) in [6, 6.07) is 11.9. The molecule has 0 spiro atoms. The second-order valence-electron chi connectivity index (χ2n) is 8.30. The zero-order valence-corrected chi connectivity index (χ0v) is 16.6. The quantitative estimate of drug-likeness (QED) is 0.812. The number of benzene rings is 1. The van der Waals surface area contributed by atoms with Gasteiger partial charge in [0.15, 0.2) is 0 Å². The summed E-state index contributed by atoms with van der Waals surface area (Å²) in [7, 11) is 0. The normalized spacial score (nSPS) is 24.7.